The van der Waals surface area contributed by atoms with Crippen LogP contribution in [0.3, 0.4) is 0 Å². The minimum absolute atomic E-state index is 0.0497. The van der Waals surface area contributed by atoms with Crippen LogP contribution in [0.25, 0.3) is 0 Å². The zero-order valence-corrected chi connectivity index (χ0v) is 14.0. The Morgan fingerprint density at radius 1 is 1.17 bits per heavy atom. The van der Waals surface area contributed by atoms with Crippen LogP contribution >= 0.6 is 0 Å². The first kappa shape index (κ1) is 15.1. The Bertz CT molecular complexity index is 740. The summed E-state index contributed by atoms with van der Waals surface area (Å²) in [5.74, 6) is 0.822. The molecular weight excluding hydrogens is 300 g/mol. The van der Waals surface area contributed by atoms with E-state index in [1.165, 1.54) is 18.4 Å². The van der Waals surface area contributed by atoms with Gasteiger partial charge in [0.2, 0.25) is 5.95 Å². The molecule has 0 radical (unpaired) electrons. The lowest BCUT2D eigenvalue weighted by molar-refractivity contribution is 0.0695. The number of fused-ring (bicyclic) bond motifs is 1. The Labute approximate surface area is 142 Å². The highest BCUT2D eigenvalue weighted by molar-refractivity contribution is 5.97. The van der Waals surface area contributed by atoms with Crippen LogP contribution in [0, 0.1) is 0 Å². The average Bonchev–Trinajstić information content (AvgIpc) is 3.26. The van der Waals surface area contributed by atoms with E-state index in [4.69, 9.17) is 4.98 Å². The molecule has 0 aliphatic carbocycles. The molecular formula is C19H22N4O. The van der Waals surface area contributed by atoms with Crippen molar-refractivity contribution in [2.75, 3.05) is 18.0 Å². The number of aromatic nitrogens is 2. The minimum Gasteiger partial charge on any atom is -0.341 e. The standard InChI is InChI=1S/C19H22N4O/c1-2-17(14-8-4-3-5-9-14)23-13-16-15(18(23)24)12-20-19(21-16)22-10-6-7-11-22/h3-5,8-9,12,17H,2,6-7,10-11,13H2,1H3/t17-/m0/s1. The molecule has 0 bridgehead atoms. The predicted octanol–water partition coefficient (Wildman–Crippen LogP) is 3.18. The van der Waals surface area contributed by atoms with E-state index < -0.39 is 0 Å². The van der Waals surface area contributed by atoms with Crippen LogP contribution in [-0.4, -0.2) is 33.9 Å². The van der Waals surface area contributed by atoms with Crippen molar-refractivity contribution in [1.82, 2.24) is 14.9 Å². The zero-order valence-electron chi connectivity index (χ0n) is 14.0. The first-order valence-corrected chi connectivity index (χ1v) is 8.74. The van der Waals surface area contributed by atoms with Crippen LogP contribution in [0.15, 0.2) is 36.5 Å². The predicted molar refractivity (Wildman–Crippen MR) is 92.8 cm³/mol. The topological polar surface area (TPSA) is 49.3 Å². The summed E-state index contributed by atoms with van der Waals surface area (Å²) in [6.07, 6.45) is 4.99. The van der Waals surface area contributed by atoms with Gasteiger partial charge in [0.25, 0.3) is 5.91 Å². The Kier molecular flexibility index (Phi) is 3.92. The Hall–Kier alpha value is -2.43. The molecule has 1 saturated heterocycles. The highest BCUT2D eigenvalue weighted by Gasteiger charge is 2.34. The SMILES string of the molecule is CC[C@@H](c1ccccc1)N1Cc2nc(N3CCCC3)ncc2C1=O. The van der Waals surface area contributed by atoms with Crippen molar-refractivity contribution in [2.45, 2.75) is 38.8 Å². The lowest BCUT2D eigenvalue weighted by atomic mass is 10.0. The Morgan fingerprint density at radius 2 is 1.92 bits per heavy atom. The lowest BCUT2D eigenvalue weighted by Gasteiger charge is -2.27. The lowest BCUT2D eigenvalue weighted by Crippen LogP contribution is -2.28. The molecule has 2 aliphatic rings. The number of hydrogen-bond donors (Lipinski definition) is 0. The van der Waals surface area contributed by atoms with E-state index in [1.807, 2.05) is 23.1 Å². The molecule has 1 amide bonds. The molecule has 3 heterocycles. The summed E-state index contributed by atoms with van der Waals surface area (Å²) in [6.45, 7) is 4.72. The third kappa shape index (κ3) is 2.54. The summed E-state index contributed by atoms with van der Waals surface area (Å²) in [5.41, 5.74) is 2.70. The second-order valence-electron chi connectivity index (χ2n) is 6.49. The third-order valence-electron chi connectivity index (χ3n) is 5.00. The van der Waals surface area contributed by atoms with Gasteiger partial charge in [0.05, 0.1) is 23.8 Å². The van der Waals surface area contributed by atoms with E-state index in [1.54, 1.807) is 6.20 Å². The average molecular weight is 322 g/mol. The van der Waals surface area contributed by atoms with Gasteiger partial charge >= 0.3 is 0 Å². The summed E-state index contributed by atoms with van der Waals surface area (Å²) in [4.78, 5) is 26.1. The van der Waals surface area contributed by atoms with Gasteiger partial charge in [0, 0.05) is 19.3 Å². The van der Waals surface area contributed by atoms with Crippen molar-refractivity contribution in [2.24, 2.45) is 0 Å². The fraction of sp³-hybridized carbons (Fsp3) is 0.421. The van der Waals surface area contributed by atoms with Crippen LogP contribution < -0.4 is 4.90 Å². The molecule has 1 fully saturated rings. The van der Waals surface area contributed by atoms with Gasteiger partial charge in [-0.3, -0.25) is 4.79 Å². The zero-order chi connectivity index (χ0) is 16.5. The van der Waals surface area contributed by atoms with Crippen molar-refractivity contribution in [3.63, 3.8) is 0 Å². The van der Waals surface area contributed by atoms with Gasteiger partial charge in [0.1, 0.15) is 0 Å². The highest BCUT2D eigenvalue weighted by Crippen LogP contribution is 2.33. The van der Waals surface area contributed by atoms with Crippen LogP contribution in [0.4, 0.5) is 5.95 Å². The normalized spacial score (nSPS) is 18.1. The number of nitrogens with zero attached hydrogens (tertiary/aromatic N) is 4. The van der Waals surface area contributed by atoms with Gasteiger partial charge in [-0.15, -0.1) is 0 Å². The monoisotopic (exact) mass is 322 g/mol. The molecule has 0 N–H and O–H groups in total. The van der Waals surface area contributed by atoms with Crippen LogP contribution in [0.1, 0.15) is 53.8 Å². The molecule has 0 saturated carbocycles. The number of carbonyl (C=O) groups excluding carboxylic acids is 1. The molecule has 24 heavy (non-hydrogen) atoms. The van der Waals surface area contributed by atoms with E-state index in [2.05, 4.69) is 28.9 Å². The van der Waals surface area contributed by atoms with E-state index in [9.17, 15) is 4.79 Å². The van der Waals surface area contributed by atoms with Gasteiger partial charge in [-0.2, -0.15) is 0 Å². The van der Waals surface area contributed by atoms with Crippen molar-refractivity contribution in [3.8, 4) is 0 Å². The summed E-state index contributed by atoms with van der Waals surface area (Å²) >= 11 is 0. The molecule has 4 rings (SSSR count). The fourth-order valence-corrected chi connectivity index (χ4v) is 3.73. The van der Waals surface area contributed by atoms with Gasteiger partial charge in [-0.05, 0) is 24.8 Å². The highest BCUT2D eigenvalue weighted by atomic mass is 16.2. The minimum atomic E-state index is 0.0497. The van der Waals surface area contributed by atoms with E-state index in [0.717, 1.165) is 31.2 Å². The number of anilines is 1. The quantitative estimate of drug-likeness (QED) is 0.867. The molecule has 2 aliphatic heterocycles. The smallest absolute Gasteiger partial charge is 0.258 e. The number of hydrogen-bond acceptors (Lipinski definition) is 4. The molecule has 5 heteroatoms. The number of amides is 1. The summed E-state index contributed by atoms with van der Waals surface area (Å²) < 4.78 is 0. The molecule has 0 unspecified atom stereocenters. The van der Waals surface area contributed by atoms with E-state index in [0.29, 0.717) is 12.1 Å². The maximum Gasteiger partial charge on any atom is 0.258 e. The molecule has 5 nitrogen and oxygen atoms in total. The second-order valence-corrected chi connectivity index (χ2v) is 6.49. The molecule has 1 aromatic heterocycles. The van der Waals surface area contributed by atoms with Crippen LogP contribution in [0.5, 0.6) is 0 Å². The van der Waals surface area contributed by atoms with Crippen LogP contribution in [-0.2, 0) is 6.54 Å². The Morgan fingerprint density at radius 3 is 2.62 bits per heavy atom. The van der Waals surface area contributed by atoms with Crippen molar-refractivity contribution in [1.29, 1.82) is 0 Å². The van der Waals surface area contributed by atoms with E-state index >= 15 is 0 Å². The van der Waals surface area contributed by atoms with Crippen molar-refractivity contribution >= 4 is 11.9 Å². The summed E-state index contributed by atoms with van der Waals surface area (Å²) in [7, 11) is 0. The Balaban J connectivity index is 1.62. The second kappa shape index (κ2) is 6.23. The maximum absolute atomic E-state index is 12.8. The third-order valence-corrected chi connectivity index (χ3v) is 5.00. The van der Waals surface area contributed by atoms with Crippen molar-refractivity contribution in [3.05, 3.63) is 53.3 Å². The fourth-order valence-electron chi connectivity index (χ4n) is 3.73. The molecule has 124 valence electrons. The summed E-state index contributed by atoms with van der Waals surface area (Å²) in [5, 5.41) is 0. The number of benzene rings is 1. The number of carbonyl (C=O) groups is 1. The maximum atomic E-state index is 12.8. The van der Waals surface area contributed by atoms with Crippen molar-refractivity contribution < 1.29 is 4.79 Å². The molecule has 1 atom stereocenters. The first-order valence-electron chi connectivity index (χ1n) is 8.74. The largest absolute Gasteiger partial charge is 0.341 e. The van der Waals surface area contributed by atoms with Crippen LogP contribution in [0.2, 0.25) is 0 Å². The first-order chi connectivity index (χ1) is 11.8. The molecule has 0 spiro atoms. The van der Waals surface area contributed by atoms with E-state index in [-0.39, 0.29) is 11.9 Å². The van der Waals surface area contributed by atoms with Gasteiger partial charge in [-0.1, -0.05) is 37.3 Å². The van der Waals surface area contributed by atoms with Gasteiger partial charge in [0.15, 0.2) is 0 Å². The van der Waals surface area contributed by atoms with Gasteiger partial charge < -0.3 is 9.80 Å². The molecule has 2 aromatic rings. The number of rotatable bonds is 4. The molecule has 1 aromatic carbocycles. The summed E-state index contributed by atoms with van der Waals surface area (Å²) in [6, 6.07) is 10.3. The van der Waals surface area contributed by atoms with Gasteiger partial charge in [-0.25, -0.2) is 9.97 Å².